The fourth-order valence-electron chi connectivity index (χ4n) is 2.96. The maximum Gasteiger partial charge on any atom is 0.0324 e. The van der Waals surface area contributed by atoms with Gasteiger partial charge in [-0.15, -0.1) is 0 Å². The third-order valence-electron chi connectivity index (χ3n) is 4.42. The Balaban J connectivity index is 2.13. The van der Waals surface area contributed by atoms with Gasteiger partial charge in [0, 0.05) is 15.0 Å². The monoisotopic (exact) mass is 373 g/mol. The van der Waals surface area contributed by atoms with Crippen molar-refractivity contribution < 1.29 is 0 Å². The average molecular weight is 375 g/mol. The Bertz CT molecular complexity index is 399. The third kappa shape index (κ3) is 3.37. The van der Waals surface area contributed by atoms with Crippen LogP contribution in [0.1, 0.15) is 44.7 Å². The molecule has 0 saturated heterocycles. The summed E-state index contributed by atoms with van der Waals surface area (Å²) in [5.41, 5.74) is 7.71. The van der Waals surface area contributed by atoms with Crippen LogP contribution < -0.4 is 5.73 Å². The van der Waals surface area contributed by atoms with Crippen LogP contribution in [0.2, 0.25) is 0 Å². The van der Waals surface area contributed by atoms with Gasteiger partial charge in [-0.2, -0.15) is 0 Å². The zero-order chi connectivity index (χ0) is 13.3. The first-order valence-electron chi connectivity index (χ1n) is 6.69. The summed E-state index contributed by atoms with van der Waals surface area (Å²) in [7, 11) is 0. The molecule has 1 aromatic rings. The van der Waals surface area contributed by atoms with Crippen molar-refractivity contribution in [1.82, 2.24) is 0 Å². The predicted octanol–water partition coefficient (Wildman–Crippen LogP) is 5.28. The van der Waals surface area contributed by atoms with Crippen molar-refractivity contribution in [1.29, 1.82) is 0 Å². The van der Waals surface area contributed by atoms with Gasteiger partial charge in [-0.3, -0.25) is 0 Å². The Morgan fingerprint density at radius 2 is 1.67 bits per heavy atom. The molecule has 0 spiro atoms. The lowest BCUT2D eigenvalue weighted by Crippen LogP contribution is -2.29. The quantitative estimate of drug-likeness (QED) is 0.748. The van der Waals surface area contributed by atoms with Gasteiger partial charge in [0.15, 0.2) is 0 Å². The molecule has 0 aromatic heterocycles. The van der Waals surface area contributed by atoms with Crippen molar-refractivity contribution in [2.75, 3.05) is 0 Å². The van der Waals surface area contributed by atoms with Crippen LogP contribution >= 0.6 is 31.9 Å². The summed E-state index contributed by atoms with van der Waals surface area (Å²) in [6.45, 7) is 4.72. The van der Waals surface area contributed by atoms with Gasteiger partial charge in [0.1, 0.15) is 0 Å². The van der Waals surface area contributed by atoms with E-state index in [1.165, 1.54) is 24.8 Å². The van der Waals surface area contributed by atoms with Crippen molar-refractivity contribution in [2.24, 2.45) is 23.5 Å². The van der Waals surface area contributed by atoms with E-state index in [2.05, 4.69) is 63.9 Å². The van der Waals surface area contributed by atoms with E-state index in [1.54, 1.807) is 0 Å². The molecule has 4 unspecified atom stereocenters. The molecule has 2 rings (SSSR count). The molecular weight excluding hydrogens is 354 g/mol. The summed E-state index contributed by atoms with van der Waals surface area (Å²) in [5, 5.41) is 0. The standard InChI is InChI=1S/C15H21Br2N/c1-9-3-4-11(5-10(9)2)15(18)12-6-13(16)8-14(17)7-12/h6-11,15H,3-5,18H2,1-2H3. The van der Waals surface area contributed by atoms with E-state index < -0.39 is 0 Å². The van der Waals surface area contributed by atoms with Gasteiger partial charge in [-0.1, -0.05) is 52.1 Å². The average Bonchev–Trinajstić information content (AvgIpc) is 2.30. The fraction of sp³-hybridized carbons (Fsp3) is 0.600. The summed E-state index contributed by atoms with van der Waals surface area (Å²) in [6, 6.07) is 6.52. The van der Waals surface area contributed by atoms with Crippen LogP contribution in [0.3, 0.4) is 0 Å². The summed E-state index contributed by atoms with van der Waals surface area (Å²) < 4.78 is 2.19. The third-order valence-corrected chi connectivity index (χ3v) is 5.33. The molecule has 18 heavy (non-hydrogen) atoms. The molecular formula is C15H21Br2N. The van der Waals surface area contributed by atoms with Crippen molar-refractivity contribution in [3.8, 4) is 0 Å². The highest BCUT2D eigenvalue weighted by molar-refractivity contribution is 9.11. The van der Waals surface area contributed by atoms with E-state index >= 15 is 0 Å². The summed E-state index contributed by atoms with van der Waals surface area (Å²) >= 11 is 7.08. The molecule has 2 N–H and O–H groups in total. The van der Waals surface area contributed by atoms with E-state index in [4.69, 9.17) is 5.73 Å². The number of benzene rings is 1. The molecule has 0 aliphatic heterocycles. The smallest absolute Gasteiger partial charge is 0.0324 e. The van der Waals surface area contributed by atoms with Gasteiger partial charge in [0.25, 0.3) is 0 Å². The van der Waals surface area contributed by atoms with Crippen LogP contribution in [-0.4, -0.2) is 0 Å². The molecule has 0 heterocycles. The van der Waals surface area contributed by atoms with Gasteiger partial charge >= 0.3 is 0 Å². The second-order valence-electron chi connectivity index (χ2n) is 5.76. The van der Waals surface area contributed by atoms with Crippen LogP contribution in [-0.2, 0) is 0 Å². The summed E-state index contributed by atoms with van der Waals surface area (Å²) in [4.78, 5) is 0. The molecule has 1 nitrogen and oxygen atoms in total. The van der Waals surface area contributed by atoms with Crippen molar-refractivity contribution in [3.05, 3.63) is 32.7 Å². The lowest BCUT2D eigenvalue weighted by atomic mass is 9.72. The maximum atomic E-state index is 6.47. The minimum Gasteiger partial charge on any atom is -0.324 e. The Morgan fingerprint density at radius 1 is 1.06 bits per heavy atom. The Kier molecular flexibility index (Phi) is 4.90. The van der Waals surface area contributed by atoms with E-state index in [0.717, 1.165) is 20.8 Å². The Hall–Kier alpha value is 0.140. The predicted molar refractivity (Wildman–Crippen MR) is 84.4 cm³/mol. The molecule has 100 valence electrons. The van der Waals surface area contributed by atoms with Gasteiger partial charge in [-0.05, 0) is 54.4 Å². The molecule has 1 aliphatic carbocycles. The molecule has 0 radical (unpaired) electrons. The molecule has 4 atom stereocenters. The topological polar surface area (TPSA) is 26.0 Å². The Morgan fingerprint density at radius 3 is 2.22 bits per heavy atom. The van der Waals surface area contributed by atoms with Crippen LogP contribution in [0, 0.1) is 17.8 Å². The Labute approximate surface area is 127 Å². The summed E-state index contributed by atoms with van der Waals surface area (Å²) in [6.07, 6.45) is 3.83. The van der Waals surface area contributed by atoms with E-state index in [9.17, 15) is 0 Å². The normalized spacial score (nSPS) is 30.2. The lowest BCUT2D eigenvalue weighted by Gasteiger charge is -2.35. The molecule has 1 fully saturated rings. The molecule has 0 amide bonds. The fourth-order valence-corrected chi connectivity index (χ4v) is 4.28. The van der Waals surface area contributed by atoms with E-state index in [0.29, 0.717) is 5.92 Å². The van der Waals surface area contributed by atoms with Crippen molar-refractivity contribution in [2.45, 2.75) is 39.2 Å². The molecule has 1 aliphatic rings. The van der Waals surface area contributed by atoms with Crippen LogP contribution in [0.4, 0.5) is 0 Å². The number of rotatable bonds is 2. The minimum absolute atomic E-state index is 0.161. The second-order valence-corrected chi connectivity index (χ2v) is 7.59. The first-order chi connectivity index (χ1) is 8.47. The largest absolute Gasteiger partial charge is 0.324 e. The molecule has 1 aromatic carbocycles. The number of hydrogen-bond donors (Lipinski definition) is 1. The van der Waals surface area contributed by atoms with Gasteiger partial charge < -0.3 is 5.73 Å². The number of nitrogens with two attached hydrogens (primary N) is 1. The van der Waals surface area contributed by atoms with E-state index in [1.807, 2.05) is 0 Å². The molecule has 3 heteroatoms. The van der Waals surface area contributed by atoms with Gasteiger partial charge in [0.05, 0.1) is 0 Å². The lowest BCUT2D eigenvalue weighted by molar-refractivity contribution is 0.186. The number of hydrogen-bond acceptors (Lipinski definition) is 1. The van der Waals surface area contributed by atoms with Crippen molar-refractivity contribution in [3.63, 3.8) is 0 Å². The summed E-state index contributed by atoms with van der Waals surface area (Å²) in [5.74, 6) is 2.27. The zero-order valence-corrected chi connectivity index (χ0v) is 14.2. The molecule has 0 bridgehead atoms. The van der Waals surface area contributed by atoms with Gasteiger partial charge in [-0.25, -0.2) is 0 Å². The van der Waals surface area contributed by atoms with Crippen LogP contribution in [0.5, 0.6) is 0 Å². The highest BCUT2D eigenvalue weighted by Gasteiger charge is 2.29. The highest BCUT2D eigenvalue weighted by atomic mass is 79.9. The highest BCUT2D eigenvalue weighted by Crippen LogP contribution is 2.39. The van der Waals surface area contributed by atoms with E-state index in [-0.39, 0.29) is 6.04 Å². The van der Waals surface area contributed by atoms with Crippen LogP contribution in [0.15, 0.2) is 27.1 Å². The maximum absolute atomic E-state index is 6.47. The first kappa shape index (κ1) is 14.5. The number of halogens is 2. The SMILES string of the molecule is CC1CCC(C(N)c2cc(Br)cc(Br)c2)CC1C. The molecule has 1 saturated carbocycles. The minimum atomic E-state index is 0.161. The second kappa shape index (κ2) is 6.06. The van der Waals surface area contributed by atoms with Crippen LogP contribution in [0.25, 0.3) is 0 Å². The van der Waals surface area contributed by atoms with Crippen molar-refractivity contribution >= 4 is 31.9 Å². The first-order valence-corrected chi connectivity index (χ1v) is 8.27. The zero-order valence-electron chi connectivity index (χ0n) is 11.0. The van der Waals surface area contributed by atoms with Gasteiger partial charge in [0.2, 0.25) is 0 Å².